The van der Waals surface area contributed by atoms with Crippen LogP contribution in [0, 0.1) is 6.92 Å². The molecule has 112 valence electrons. The van der Waals surface area contributed by atoms with Crippen molar-refractivity contribution in [3.63, 3.8) is 0 Å². The molecule has 2 aromatic heterocycles. The number of nitrogens with one attached hydrogen (secondary N) is 1. The number of benzene rings is 1. The zero-order valence-electron chi connectivity index (χ0n) is 12.2. The topological polar surface area (TPSA) is 125 Å². The second-order valence-electron chi connectivity index (χ2n) is 4.89. The molecule has 8 heteroatoms. The summed E-state index contributed by atoms with van der Waals surface area (Å²) in [6.45, 7) is 1.87. The van der Waals surface area contributed by atoms with E-state index in [9.17, 15) is 4.79 Å². The molecule has 2 heterocycles. The summed E-state index contributed by atoms with van der Waals surface area (Å²) < 4.78 is 1.83. The molecule has 5 N–H and O–H groups in total. The highest BCUT2D eigenvalue weighted by atomic mass is 16.1. The molecular formula is C14H15N7O. The summed E-state index contributed by atoms with van der Waals surface area (Å²) in [5, 5.41) is 3.11. The number of carbonyl (C=O) groups is 1. The molecule has 0 radical (unpaired) electrons. The third kappa shape index (κ3) is 2.30. The number of hydrogen-bond acceptors (Lipinski definition) is 6. The predicted octanol–water partition coefficient (Wildman–Crippen LogP) is 1.10. The molecule has 0 saturated heterocycles. The standard InChI is InChI=1S/C14H15N7O/c1-7-17-10-12(19-14(16)20-13(10)21(7)2)18-9-5-3-4-8(6-9)11(15)22/h3-6H,1-2H3,(H2,15,22)(H3,16,18,19,20). The minimum Gasteiger partial charge on any atom is -0.368 e. The fourth-order valence-corrected chi connectivity index (χ4v) is 2.16. The van der Waals surface area contributed by atoms with Crippen LogP contribution < -0.4 is 16.8 Å². The number of fused-ring (bicyclic) bond motifs is 1. The van der Waals surface area contributed by atoms with Crippen molar-refractivity contribution >= 4 is 34.5 Å². The van der Waals surface area contributed by atoms with E-state index in [4.69, 9.17) is 11.5 Å². The van der Waals surface area contributed by atoms with E-state index in [-0.39, 0.29) is 5.95 Å². The lowest BCUT2D eigenvalue weighted by molar-refractivity contribution is 0.100. The Labute approximate surface area is 126 Å². The monoisotopic (exact) mass is 297 g/mol. The Kier molecular flexibility index (Phi) is 3.13. The first-order valence-electron chi connectivity index (χ1n) is 6.59. The van der Waals surface area contributed by atoms with Crippen molar-refractivity contribution in [1.82, 2.24) is 19.5 Å². The van der Waals surface area contributed by atoms with Gasteiger partial charge in [-0.1, -0.05) is 6.07 Å². The van der Waals surface area contributed by atoms with Gasteiger partial charge in [0.2, 0.25) is 11.9 Å². The molecule has 0 spiro atoms. The van der Waals surface area contributed by atoms with Crippen molar-refractivity contribution in [2.45, 2.75) is 6.92 Å². The molecule has 0 aliphatic rings. The summed E-state index contributed by atoms with van der Waals surface area (Å²) in [7, 11) is 1.86. The number of primary amides is 1. The summed E-state index contributed by atoms with van der Waals surface area (Å²) in [6, 6.07) is 6.81. The van der Waals surface area contributed by atoms with Crippen LogP contribution in [0.2, 0.25) is 0 Å². The van der Waals surface area contributed by atoms with E-state index < -0.39 is 5.91 Å². The van der Waals surface area contributed by atoms with Crippen LogP contribution in [0.25, 0.3) is 11.2 Å². The molecular weight excluding hydrogens is 282 g/mol. The molecule has 8 nitrogen and oxygen atoms in total. The zero-order valence-corrected chi connectivity index (χ0v) is 12.2. The average molecular weight is 297 g/mol. The van der Waals surface area contributed by atoms with Crippen LogP contribution in [-0.4, -0.2) is 25.4 Å². The van der Waals surface area contributed by atoms with Crippen LogP contribution in [0.15, 0.2) is 24.3 Å². The van der Waals surface area contributed by atoms with Crippen LogP contribution in [-0.2, 0) is 7.05 Å². The molecule has 0 saturated carbocycles. The Morgan fingerprint density at radius 2 is 2.05 bits per heavy atom. The van der Waals surface area contributed by atoms with Crippen molar-refractivity contribution in [1.29, 1.82) is 0 Å². The van der Waals surface area contributed by atoms with Gasteiger partial charge >= 0.3 is 0 Å². The first-order valence-corrected chi connectivity index (χ1v) is 6.59. The molecule has 0 aliphatic carbocycles. The Bertz CT molecular complexity index is 884. The molecule has 0 aliphatic heterocycles. The number of aromatic nitrogens is 4. The van der Waals surface area contributed by atoms with Gasteiger partial charge in [0.25, 0.3) is 0 Å². The van der Waals surface area contributed by atoms with Gasteiger partial charge in [-0.05, 0) is 25.1 Å². The van der Waals surface area contributed by atoms with E-state index >= 15 is 0 Å². The molecule has 0 unspecified atom stereocenters. The van der Waals surface area contributed by atoms with Gasteiger partial charge in [-0.25, -0.2) is 4.98 Å². The van der Waals surface area contributed by atoms with Crippen molar-refractivity contribution in [3.05, 3.63) is 35.7 Å². The lowest BCUT2D eigenvalue weighted by atomic mass is 10.2. The smallest absolute Gasteiger partial charge is 0.248 e. The lowest BCUT2D eigenvalue weighted by Gasteiger charge is -2.08. The van der Waals surface area contributed by atoms with Crippen molar-refractivity contribution in [3.8, 4) is 0 Å². The quantitative estimate of drug-likeness (QED) is 0.664. The highest BCUT2D eigenvalue weighted by Gasteiger charge is 2.13. The second-order valence-corrected chi connectivity index (χ2v) is 4.89. The summed E-state index contributed by atoms with van der Waals surface area (Å²) in [5.41, 5.74) is 13.4. The van der Waals surface area contributed by atoms with E-state index in [1.807, 2.05) is 18.5 Å². The van der Waals surface area contributed by atoms with E-state index in [2.05, 4.69) is 20.3 Å². The Morgan fingerprint density at radius 3 is 2.77 bits per heavy atom. The fourth-order valence-electron chi connectivity index (χ4n) is 2.16. The molecule has 0 fully saturated rings. The lowest BCUT2D eigenvalue weighted by Crippen LogP contribution is -2.11. The van der Waals surface area contributed by atoms with E-state index in [0.717, 1.165) is 5.82 Å². The molecule has 3 aromatic rings. The number of nitrogen functional groups attached to an aromatic ring is 1. The van der Waals surface area contributed by atoms with Crippen molar-refractivity contribution < 1.29 is 4.79 Å². The first-order chi connectivity index (χ1) is 10.5. The van der Waals surface area contributed by atoms with Gasteiger partial charge in [-0.3, -0.25) is 4.79 Å². The fraction of sp³-hybridized carbons (Fsp3) is 0.143. The van der Waals surface area contributed by atoms with Gasteiger partial charge in [-0.2, -0.15) is 9.97 Å². The molecule has 1 aromatic carbocycles. The molecule has 3 rings (SSSR count). The van der Waals surface area contributed by atoms with Gasteiger partial charge < -0.3 is 21.4 Å². The van der Waals surface area contributed by atoms with Crippen LogP contribution in [0.4, 0.5) is 17.5 Å². The number of amides is 1. The molecule has 1 amide bonds. The summed E-state index contributed by atoms with van der Waals surface area (Å²) >= 11 is 0. The van der Waals surface area contributed by atoms with E-state index in [1.54, 1.807) is 24.3 Å². The highest BCUT2D eigenvalue weighted by molar-refractivity contribution is 5.94. The third-order valence-corrected chi connectivity index (χ3v) is 3.37. The zero-order chi connectivity index (χ0) is 15.9. The largest absolute Gasteiger partial charge is 0.368 e. The SMILES string of the molecule is Cc1nc2c(Nc3cccc(C(N)=O)c3)nc(N)nc2n1C. The van der Waals surface area contributed by atoms with Gasteiger partial charge in [0.1, 0.15) is 5.82 Å². The highest BCUT2D eigenvalue weighted by Crippen LogP contribution is 2.24. The summed E-state index contributed by atoms with van der Waals surface area (Å²) in [5.74, 6) is 0.922. The van der Waals surface area contributed by atoms with E-state index in [1.165, 1.54) is 0 Å². The second kappa shape index (κ2) is 4.99. The number of nitrogens with two attached hydrogens (primary N) is 2. The minimum atomic E-state index is -0.496. The van der Waals surface area contributed by atoms with Gasteiger partial charge in [0.15, 0.2) is 17.0 Å². The number of carbonyl (C=O) groups excluding carboxylic acids is 1. The van der Waals surface area contributed by atoms with E-state index in [0.29, 0.717) is 28.2 Å². The molecule has 0 bridgehead atoms. The number of imidazole rings is 1. The molecule has 22 heavy (non-hydrogen) atoms. The van der Waals surface area contributed by atoms with Crippen LogP contribution in [0.1, 0.15) is 16.2 Å². The maximum absolute atomic E-state index is 11.3. The maximum atomic E-state index is 11.3. The van der Waals surface area contributed by atoms with Gasteiger partial charge in [-0.15, -0.1) is 0 Å². The number of rotatable bonds is 3. The Hall–Kier alpha value is -3.16. The van der Waals surface area contributed by atoms with Gasteiger partial charge in [0, 0.05) is 18.3 Å². The average Bonchev–Trinajstić information content (AvgIpc) is 2.76. The van der Waals surface area contributed by atoms with Crippen LogP contribution in [0.3, 0.4) is 0 Å². The number of hydrogen-bond donors (Lipinski definition) is 3. The van der Waals surface area contributed by atoms with Crippen LogP contribution in [0.5, 0.6) is 0 Å². The maximum Gasteiger partial charge on any atom is 0.248 e. The van der Waals surface area contributed by atoms with Crippen molar-refractivity contribution in [2.75, 3.05) is 11.1 Å². The Balaban J connectivity index is 2.09. The normalized spacial score (nSPS) is 10.8. The van der Waals surface area contributed by atoms with Crippen LogP contribution >= 0.6 is 0 Å². The molecule has 0 atom stereocenters. The number of aryl methyl sites for hydroxylation is 2. The summed E-state index contributed by atoms with van der Waals surface area (Å²) in [4.78, 5) is 24.1. The third-order valence-electron chi connectivity index (χ3n) is 3.37. The number of nitrogens with zero attached hydrogens (tertiary/aromatic N) is 4. The predicted molar refractivity (Wildman–Crippen MR) is 83.7 cm³/mol. The minimum absolute atomic E-state index is 0.143. The summed E-state index contributed by atoms with van der Waals surface area (Å²) in [6.07, 6.45) is 0. The van der Waals surface area contributed by atoms with Crippen molar-refractivity contribution in [2.24, 2.45) is 12.8 Å². The number of anilines is 3. The Morgan fingerprint density at radius 1 is 1.27 bits per heavy atom. The van der Waals surface area contributed by atoms with Gasteiger partial charge in [0.05, 0.1) is 0 Å². The first kappa shape index (κ1) is 13.8.